The second-order valence-corrected chi connectivity index (χ2v) is 5.68. The van der Waals surface area contributed by atoms with Gasteiger partial charge in [0.2, 0.25) is 0 Å². The fraction of sp³-hybridized carbons (Fsp3) is 0.294. The smallest absolute Gasteiger partial charge is 0.140 e. The molecule has 2 rings (SSSR count). The van der Waals surface area contributed by atoms with Crippen molar-refractivity contribution in [1.82, 2.24) is 5.32 Å². The molecule has 0 aliphatic carbocycles. The van der Waals surface area contributed by atoms with Crippen molar-refractivity contribution in [3.8, 4) is 5.75 Å². The normalized spacial score (nSPS) is 12.1. The first-order valence-electron chi connectivity index (χ1n) is 7.02. The van der Waals surface area contributed by atoms with Gasteiger partial charge in [0, 0.05) is 11.1 Å². The van der Waals surface area contributed by atoms with Gasteiger partial charge >= 0.3 is 0 Å². The monoisotopic (exact) mass is 323 g/mol. The number of nitrogens with one attached hydrogen (secondary N) is 1. The summed E-state index contributed by atoms with van der Waals surface area (Å²) in [7, 11) is 1.95. The van der Waals surface area contributed by atoms with Crippen molar-refractivity contribution in [1.29, 1.82) is 0 Å². The van der Waals surface area contributed by atoms with Crippen LogP contribution >= 0.6 is 23.2 Å². The summed E-state index contributed by atoms with van der Waals surface area (Å²) in [4.78, 5) is 0. The molecule has 2 aromatic carbocycles. The minimum atomic E-state index is -0.0319. The molecule has 0 saturated heterocycles. The van der Waals surface area contributed by atoms with Gasteiger partial charge in [0.1, 0.15) is 11.9 Å². The first kappa shape index (κ1) is 16.2. The van der Waals surface area contributed by atoms with Crippen molar-refractivity contribution < 1.29 is 4.74 Å². The minimum absolute atomic E-state index is 0.0319. The predicted molar refractivity (Wildman–Crippen MR) is 89.4 cm³/mol. The third-order valence-corrected chi connectivity index (χ3v) is 3.77. The zero-order chi connectivity index (χ0) is 15.1. The van der Waals surface area contributed by atoms with E-state index >= 15 is 0 Å². The highest BCUT2D eigenvalue weighted by Gasteiger charge is 2.15. The van der Waals surface area contributed by atoms with E-state index in [1.165, 1.54) is 0 Å². The van der Waals surface area contributed by atoms with E-state index in [1.807, 2.05) is 25.2 Å². The highest BCUT2D eigenvalue weighted by molar-refractivity contribution is 6.34. The van der Waals surface area contributed by atoms with Gasteiger partial charge in [-0.2, -0.15) is 0 Å². The van der Waals surface area contributed by atoms with Crippen LogP contribution in [0.1, 0.15) is 24.5 Å². The first-order valence-corrected chi connectivity index (χ1v) is 7.77. The molecule has 0 amide bonds. The molecule has 0 heterocycles. The lowest BCUT2D eigenvalue weighted by Gasteiger charge is -2.20. The highest BCUT2D eigenvalue weighted by Crippen LogP contribution is 2.33. The Labute approximate surface area is 136 Å². The Bertz CT molecular complexity index is 560. The van der Waals surface area contributed by atoms with Gasteiger partial charge in [-0.3, -0.25) is 0 Å². The summed E-state index contributed by atoms with van der Waals surface area (Å²) < 4.78 is 6.11. The van der Waals surface area contributed by atoms with Gasteiger partial charge < -0.3 is 10.1 Å². The van der Waals surface area contributed by atoms with Crippen LogP contribution in [0.25, 0.3) is 0 Å². The summed E-state index contributed by atoms with van der Waals surface area (Å²) in [6.45, 7) is 0.954. The summed E-state index contributed by atoms with van der Waals surface area (Å²) >= 11 is 12.2. The Balaban J connectivity index is 2.17. The summed E-state index contributed by atoms with van der Waals surface area (Å²) in [5.74, 6) is 0.627. The second-order valence-electron chi connectivity index (χ2n) is 4.84. The van der Waals surface area contributed by atoms with Crippen LogP contribution in [-0.4, -0.2) is 13.6 Å². The number of hydrogen-bond donors (Lipinski definition) is 1. The molecule has 0 fully saturated rings. The molecule has 21 heavy (non-hydrogen) atoms. The number of halogens is 2. The van der Waals surface area contributed by atoms with Crippen molar-refractivity contribution in [2.45, 2.75) is 18.9 Å². The average molecular weight is 324 g/mol. The van der Waals surface area contributed by atoms with Crippen molar-refractivity contribution >= 4 is 23.2 Å². The standard InChI is InChI=1S/C17H19Cl2NO/c1-20-11-5-8-16(13-6-3-2-4-7-13)21-17-12-14(18)9-10-15(17)19/h2-4,6-7,9-10,12,16,20H,5,8,11H2,1H3/t16-/m1/s1. The minimum Gasteiger partial charge on any atom is -0.484 e. The van der Waals surface area contributed by atoms with Gasteiger partial charge in [-0.25, -0.2) is 0 Å². The Morgan fingerprint density at radius 3 is 2.57 bits per heavy atom. The van der Waals surface area contributed by atoms with Gasteiger partial charge in [0.25, 0.3) is 0 Å². The maximum atomic E-state index is 6.19. The van der Waals surface area contributed by atoms with Crippen molar-refractivity contribution in [2.75, 3.05) is 13.6 Å². The van der Waals surface area contributed by atoms with Crippen LogP contribution in [0.5, 0.6) is 5.75 Å². The average Bonchev–Trinajstić information content (AvgIpc) is 2.51. The molecule has 0 saturated carbocycles. The lowest BCUT2D eigenvalue weighted by Crippen LogP contribution is -2.13. The first-order chi connectivity index (χ1) is 10.2. The van der Waals surface area contributed by atoms with Crippen LogP contribution in [0.3, 0.4) is 0 Å². The fourth-order valence-electron chi connectivity index (χ4n) is 2.15. The molecule has 0 aliphatic rings. The van der Waals surface area contributed by atoms with Crippen molar-refractivity contribution in [2.24, 2.45) is 0 Å². The van der Waals surface area contributed by atoms with E-state index in [-0.39, 0.29) is 6.10 Å². The molecule has 4 heteroatoms. The molecule has 0 spiro atoms. The second kappa shape index (κ2) is 8.28. The van der Waals surface area contributed by atoms with Gasteiger partial charge in [-0.15, -0.1) is 0 Å². The molecular weight excluding hydrogens is 305 g/mol. The van der Waals surface area contributed by atoms with Crippen LogP contribution in [0.15, 0.2) is 48.5 Å². The van der Waals surface area contributed by atoms with Crippen LogP contribution in [0.4, 0.5) is 0 Å². The predicted octanol–water partition coefficient (Wildman–Crippen LogP) is 5.11. The Hall–Kier alpha value is -1.22. The topological polar surface area (TPSA) is 21.3 Å². The Kier molecular flexibility index (Phi) is 6.37. The molecule has 2 aromatic rings. The van der Waals surface area contributed by atoms with Gasteiger partial charge in [-0.1, -0.05) is 53.5 Å². The number of rotatable bonds is 7. The molecule has 0 aromatic heterocycles. The number of benzene rings is 2. The molecule has 0 unspecified atom stereocenters. The zero-order valence-electron chi connectivity index (χ0n) is 12.0. The van der Waals surface area contributed by atoms with E-state index in [0.29, 0.717) is 15.8 Å². The van der Waals surface area contributed by atoms with Crippen molar-refractivity contribution in [3.63, 3.8) is 0 Å². The highest BCUT2D eigenvalue weighted by atomic mass is 35.5. The lowest BCUT2D eigenvalue weighted by molar-refractivity contribution is 0.192. The number of hydrogen-bond acceptors (Lipinski definition) is 2. The molecule has 1 atom stereocenters. The maximum Gasteiger partial charge on any atom is 0.140 e. The van der Waals surface area contributed by atoms with Crippen LogP contribution in [0, 0.1) is 0 Å². The van der Waals surface area contributed by atoms with Crippen LogP contribution in [-0.2, 0) is 0 Å². The third kappa shape index (κ3) is 4.92. The van der Waals surface area contributed by atoms with E-state index in [0.717, 1.165) is 24.9 Å². The van der Waals surface area contributed by atoms with E-state index in [4.69, 9.17) is 27.9 Å². The summed E-state index contributed by atoms with van der Waals surface area (Å²) in [5, 5.41) is 4.36. The third-order valence-electron chi connectivity index (χ3n) is 3.23. The largest absolute Gasteiger partial charge is 0.484 e. The summed E-state index contributed by atoms with van der Waals surface area (Å²) in [5.41, 5.74) is 1.14. The molecule has 112 valence electrons. The van der Waals surface area contributed by atoms with Crippen molar-refractivity contribution in [3.05, 3.63) is 64.1 Å². The van der Waals surface area contributed by atoms with Gasteiger partial charge in [0.05, 0.1) is 5.02 Å². The summed E-state index contributed by atoms with van der Waals surface area (Å²) in [6, 6.07) is 15.5. The quantitative estimate of drug-likeness (QED) is 0.714. The number of ether oxygens (including phenoxy) is 1. The molecule has 0 bridgehead atoms. The Morgan fingerprint density at radius 2 is 1.86 bits per heavy atom. The van der Waals surface area contributed by atoms with Gasteiger partial charge in [-0.05, 0) is 44.1 Å². The van der Waals surface area contributed by atoms with Gasteiger partial charge in [0.15, 0.2) is 0 Å². The molecule has 2 nitrogen and oxygen atoms in total. The zero-order valence-corrected chi connectivity index (χ0v) is 13.5. The van der Waals surface area contributed by atoms with Crippen LogP contribution in [0.2, 0.25) is 10.0 Å². The van der Waals surface area contributed by atoms with E-state index in [2.05, 4.69) is 17.4 Å². The lowest BCUT2D eigenvalue weighted by atomic mass is 10.0. The summed E-state index contributed by atoms with van der Waals surface area (Å²) in [6.07, 6.45) is 1.90. The molecule has 1 N–H and O–H groups in total. The van der Waals surface area contributed by atoms with E-state index < -0.39 is 0 Å². The SMILES string of the molecule is CNCCC[C@@H](Oc1cc(Cl)ccc1Cl)c1ccccc1. The fourth-order valence-corrected chi connectivity index (χ4v) is 2.47. The molecule has 0 radical (unpaired) electrons. The maximum absolute atomic E-state index is 6.19. The molecular formula is C17H19Cl2NO. The van der Waals surface area contributed by atoms with E-state index in [1.54, 1.807) is 18.2 Å². The van der Waals surface area contributed by atoms with Crippen LogP contribution < -0.4 is 10.1 Å². The molecule has 0 aliphatic heterocycles. The Morgan fingerprint density at radius 1 is 1.10 bits per heavy atom. The van der Waals surface area contributed by atoms with E-state index in [9.17, 15) is 0 Å².